The van der Waals surface area contributed by atoms with Crippen molar-refractivity contribution in [2.75, 3.05) is 4.90 Å². The first-order valence-electron chi connectivity index (χ1n) is 19.2. The van der Waals surface area contributed by atoms with Crippen LogP contribution >= 0.6 is 0 Å². The molecule has 0 bridgehead atoms. The van der Waals surface area contributed by atoms with E-state index in [1.54, 1.807) is 0 Å². The van der Waals surface area contributed by atoms with Gasteiger partial charge in [-0.15, -0.1) is 0 Å². The van der Waals surface area contributed by atoms with Crippen molar-refractivity contribution in [3.63, 3.8) is 0 Å². The first kappa shape index (κ1) is 31.6. The zero-order chi connectivity index (χ0) is 37.5. The van der Waals surface area contributed by atoms with Gasteiger partial charge in [0.2, 0.25) is 0 Å². The van der Waals surface area contributed by atoms with E-state index in [-0.39, 0.29) is 0 Å². The molecule has 0 N–H and O–H groups in total. The third-order valence-electron chi connectivity index (χ3n) is 11.5. The molecule has 9 aromatic carbocycles. The maximum atomic E-state index is 6.53. The topological polar surface area (TPSA) is 42.4 Å². The van der Waals surface area contributed by atoms with Crippen molar-refractivity contribution < 1.29 is 8.83 Å². The average Bonchev–Trinajstić information content (AvgIpc) is 3.86. The number of hydrogen-bond donors (Lipinski definition) is 0. The summed E-state index contributed by atoms with van der Waals surface area (Å²) in [5, 5.41) is 11.2. The van der Waals surface area contributed by atoms with E-state index in [0.29, 0.717) is 0 Å². The molecule has 57 heavy (non-hydrogen) atoms. The molecule has 4 heteroatoms. The molecular weight excluding hydrogens is 697 g/mol. The molecule has 0 fully saturated rings. The van der Waals surface area contributed by atoms with Gasteiger partial charge in [-0.05, 0) is 111 Å². The van der Waals surface area contributed by atoms with Crippen LogP contribution in [0.4, 0.5) is 17.1 Å². The normalized spacial score (nSPS) is 11.9. The van der Waals surface area contributed by atoms with Crippen LogP contribution in [-0.4, -0.2) is 4.98 Å². The van der Waals surface area contributed by atoms with Crippen molar-refractivity contribution >= 4 is 93.3 Å². The fourth-order valence-corrected chi connectivity index (χ4v) is 8.63. The van der Waals surface area contributed by atoms with E-state index in [4.69, 9.17) is 8.83 Å². The van der Waals surface area contributed by atoms with E-state index in [9.17, 15) is 0 Å². The minimum Gasteiger partial charge on any atom is -0.455 e. The van der Waals surface area contributed by atoms with Crippen molar-refractivity contribution in [1.82, 2.24) is 4.98 Å². The van der Waals surface area contributed by atoms with E-state index in [1.807, 2.05) is 36.7 Å². The lowest BCUT2D eigenvalue weighted by atomic mass is 9.98. The number of aromatic nitrogens is 1. The van der Waals surface area contributed by atoms with Crippen LogP contribution in [0.3, 0.4) is 0 Å². The van der Waals surface area contributed by atoms with Crippen LogP contribution in [-0.2, 0) is 0 Å². The van der Waals surface area contributed by atoms with Gasteiger partial charge >= 0.3 is 0 Å². The van der Waals surface area contributed by atoms with Crippen LogP contribution in [0, 0.1) is 0 Å². The van der Waals surface area contributed by atoms with Crippen LogP contribution in [0.15, 0.2) is 203 Å². The second-order valence-corrected chi connectivity index (χ2v) is 14.8. The summed E-state index contributed by atoms with van der Waals surface area (Å²) in [4.78, 5) is 6.60. The first-order chi connectivity index (χ1) is 28.2. The summed E-state index contributed by atoms with van der Waals surface area (Å²) >= 11 is 0. The summed E-state index contributed by atoms with van der Waals surface area (Å²) < 4.78 is 13.1. The Hall–Kier alpha value is -7.69. The number of fused-ring (bicyclic) bond motifs is 11. The second kappa shape index (κ2) is 12.4. The molecule has 0 aliphatic carbocycles. The molecule has 4 nitrogen and oxygen atoms in total. The molecule has 0 unspecified atom stereocenters. The van der Waals surface area contributed by atoms with Gasteiger partial charge in [0.1, 0.15) is 22.3 Å². The highest BCUT2D eigenvalue weighted by Gasteiger charge is 2.18. The van der Waals surface area contributed by atoms with Crippen LogP contribution in [0.5, 0.6) is 0 Å². The number of rotatable bonds is 5. The van der Waals surface area contributed by atoms with Gasteiger partial charge in [0.25, 0.3) is 0 Å². The number of pyridine rings is 1. The van der Waals surface area contributed by atoms with Gasteiger partial charge < -0.3 is 13.7 Å². The molecule has 0 amide bonds. The Bertz CT molecular complexity index is 3370. The van der Waals surface area contributed by atoms with Crippen LogP contribution < -0.4 is 4.90 Å². The molecule has 266 valence electrons. The Labute approximate surface area is 327 Å². The Morgan fingerprint density at radius 3 is 1.40 bits per heavy atom. The van der Waals surface area contributed by atoms with E-state index >= 15 is 0 Å². The van der Waals surface area contributed by atoms with Crippen molar-refractivity contribution in [3.8, 4) is 22.3 Å². The predicted octanol–water partition coefficient (Wildman–Crippen LogP) is 15.1. The molecule has 0 aliphatic rings. The SMILES string of the molecule is c1ccc2c(c1)oc1c3cc(N(c4ccc(-c5ccc(-c6ccc7cnccc7c6)cc5)cc4)c4ccc5ccc6c7ccccc7oc6c5c4)ccc3ccc21. The second-order valence-electron chi connectivity index (χ2n) is 14.8. The third-order valence-corrected chi connectivity index (χ3v) is 11.5. The third kappa shape index (κ3) is 5.12. The smallest absolute Gasteiger partial charge is 0.143 e. The first-order valence-corrected chi connectivity index (χ1v) is 19.2. The molecule has 0 aliphatic heterocycles. The van der Waals surface area contributed by atoms with Gasteiger partial charge in [0.05, 0.1) is 0 Å². The van der Waals surface area contributed by atoms with Crippen molar-refractivity contribution in [2.45, 2.75) is 0 Å². The predicted molar refractivity (Wildman–Crippen MR) is 237 cm³/mol. The number of nitrogens with zero attached hydrogens (tertiary/aromatic N) is 2. The standard InChI is InChI=1S/C53H32N2O2/c1-3-7-50-44(5-1)46-25-19-36-17-23-42(30-48(36)52(46)56-50)55(43-24-18-37-20-26-47-45-6-2-4-8-51(45)57-53(47)49(37)31-43)41-21-15-34(16-22-41)33-9-11-35(12-10-33)38-13-14-40-32-54-28-27-39(40)29-38/h1-32H. The summed E-state index contributed by atoms with van der Waals surface area (Å²) in [7, 11) is 0. The molecule has 0 saturated carbocycles. The summed E-state index contributed by atoms with van der Waals surface area (Å²) in [6.07, 6.45) is 3.75. The van der Waals surface area contributed by atoms with Crippen molar-refractivity contribution in [2.24, 2.45) is 0 Å². The molecule has 0 saturated heterocycles. The Kier molecular flexibility index (Phi) is 6.89. The van der Waals surface area contributed by atoms with Crippen LogP contribution in [0.2, 0.25) is 0 Å². The molecule has 0 spiro atoms. The van der Waals surface area contributed by atoms with Gasteiger partial charge in [-0.2, -0.15) is 0 Å². The summed E-state index contributed by atoms with van der Waals surface area (Å²) in [6.45, 7) is 0. The molecule has 12 rings (SSSR count). The number of benzene rings is 9. The minimum absolute atomic E-state index is 0.894. The summed E-state index contributed by atoms with van der Waals surface area (Å²) in [5.74, 6) is 0. The number of furan rings is 2. The lowest BCUT2D eigenvalue weighted by molar-refractivity contribution is 0.672. The minimum atomic E-state index is 0.894. The van der Waals surface area contributed by atoms with Gasteiger partial charge in [-0.1, -0.05) is 109 Å². The maximum absolute atomic E-state index is 6.53. The molecule has 0 radical (unpaired) electrons. The quantitative estimate of drug-likeness (QED) is 0.177. The molecule has 3 heterocycles. The average molecular weight is 729 g/mol. The zero-order valence-electron chi connectivity index (χ0n) is 30.7. The summed E-state index contributed by atoms with van der Waals surface area (Å²) in [5.41, 5.74) is 11.4. The number of hydrogen-bond acceptors (Lipinski definition) is 4. The van der Waals surface area contributed by atoms with E-state index in [2.05, 4.69) is 168 Å². The van der Waals surface area contributed by atoms with Gasteiger partial charge in [0.15, 0.2) is 0 Å². The van der Waals surface area contributed by atoms with Gasteiger partial charge in [-0.3, -0.25) is 4.98 Å². The lowest BCUT2D eigenvalue weighted by Crippen LogP contribution is -2.10. The molecular formula is C53H32N2O2. The van der Waals surface area contributed by atoms with Crippen molar-refractivity contribution in [3.05, 3.63) is 194 Å². The largest absolute Gasteiger partial charge is 0.455 e. The lowest BCUT2D eigenvalue weighted by Gasteiger charge is -2.26. The molecule has 12 aromatic rings. The molecule has 3 aromatic heterocycles. The number of para-hydroxylation sites is 2. The van der Waals surface area contributed by atoms with Crippen molar-refractivity contribution in [1.29, 1.82) is 0 Å². The Morgan fingerprint density at radius 1 is 0.333 bits per heavy atom. The van der Waals surface area contributed by atoms with E-state index in [1.165, 1.54) is 16.5 Å². The summed E-state index contributed by atoms with van der Waals surface area (Å²) in [6, 6.07) is 64.9. The van der Waals surface area contributed by atoms with E-state index < -0.39 is 0 Å². The number of anilines is 3. The van der Waals surface area contributed by atoms with Crippen LogP contribution in [0.1, 0.15) is 0 Å². The monoisotopic (exact) mass is 728 g/mol. The van der Waals surface area contributed by atoms with Crippen LogP contribution in [0.25, 0.3) is 98.4 Å². The zero-order valence-corrected chi connectivity index (χ0v) is 30.7. The fourth-order valence-electron chi connectivity index (χ4n) is 8.63. The Morgan fingerprint density at radius 2 is 0.807 bits per heavy atom. The Balaban J connectivity index is 0.990. The van der Waals surface area contributed by atoms with Gasteiger partial charge in [-0.25, -0.2) is 0 Å². The van der Waals surface area contributed by atoms with E-state index in [0.717, 1.165) is 99.0 Å². The highest BCUT2D eigenvalue weighted by Crippen LogP contribution is 2.43. The highest BCUT2D eigenvalue weighted by molar-refractivity contribution is 6.17. The highest BCUT2D eigenvalue weighted by atomic mass is 16.3. The fraction of sp³-hybridized carbons (Fsp3) is 0. The maximum Gasteiger partial charge on any atom is 0.143 e. The molecule has 0 atom stereocenters. The van der Waals surface area contributed by atoms with Gasteiger partial charge in [0, 0.05) is 67.2 Å².